The van der Waals surface area contributed by atoms with Crippen LogP contribution in [0, 0.1) is 0 Å². The molecule has 6 aromatic rings. The van der Waals surface area contributed by atoms with Gasteiger partial charge in [-0.3, -0.25) is 0 Å². The van der Waals surface area contributed by atoms with E-state index in [1.54, 1.807) is 0 Å². The summed E-state index contributed by atoms with van der Waals surface area (Å²) in [6.07, 6.45) is 0. The molecule has 0 fully saturated rings. The highest BCUT2D eigenvalue weighted by molar-refractivity contribution is 6.63. The van der Waals surface area contributed by atoms with E-state index in [1.807, 2.05) is 0 Å². The molecule has 1 aliphatic heterocycles. The number of halogens is 10. The lowest BCUT2D eigenvalue weighted by molar-refractivity contribution is -0.481. The number of aromatic nitrogens is 1. The molecule has 0 bridgehead atoms. The zero-order valence-electron chi connectivity index (χ0n) is 23.0. The van der Waals surface area contributed by atoms with Crippen molar-refractivity contribution in [3.05, 3.63) is 121 Å². The molecule has 4 aromatic carbocycles. The van der Waals surface area contributed by atoms with Crippen LogP contribution < -0.4 is 4.40 Å². The van der Waals surface area contributed by atoms with E-state index in [2.05, 4.69) is 126 Å². The van der Waals surface area contributed by atoms with Gasteiger partial charge in [-0.1, -0.05) is 161 Å². The highest BCUT2D eigenvalue weighted by Gasteiger charge is 2.36. The van der Waals surface area contributed by atoms with Crippen molar-refractivity contribution in [2.24, 2.45) is 0 Å². The van der Waals surface area contributed by atoms with Crippen molar-refractivity contribution in [3.63, 3.8) is 0 Å². The van der Waals surface area contributed by atoms with Crippen LogP contribution in [0.25, 0.3) is 61.1 Å². The van der Waals surface area contributed by atoms with Crippen molar-refractivity contribution in [1.82, 2.24) is 0 Å². The Balaban J connectivity index is 0.000000304. The highest BCUT2D eigenvalue weighted by Crippen LogP contribution is 2.46. The van der Waals surface area contributed by atoms with E-state index in [0.717, 1.165) is 0 Å². The van der Waals surface area contributed by atoms with Crippen LogP contribution in [0.15, 0.2) is 121 Å². The van der Waals surface area contributed by atoms with E-state index in [1.165, 1.54) is 61.1 Å². The first-order chi connectivity index (χ1) is 21.4. The number of alkyl halides is 6. The van der Waals surface area contributed by atoms with Crippen molar-refractivity contribution in [2.75, 3.05) is 0 Å². The molecular formula is C33H22BCl6F4N. The van der Waals surface area contributed by atoms with Gasteiger partial charge in [-0.05, 0) is 35.4 Å². The van der Waals surface area contributed by atoms with Gasteiger partial charge in [0.05, 0.1) is 27.6 Å². The third-order valence-corrected chi connectivity index (χ3v) is 6.64. The Morgan fingerprint density at radius 1 is 0.467 bits per heavy atom. The number of benzene rings is 4. The lowest BCUT2D eigenvalue weighted by atomic mass is 9.92. The van der Waals surface area contributed by atoms with Gasteiger partial charge in [-0.2, -0.15) is 4.40 Å². The Labute approximate surface area is 287 Å². The molecule has 2 aromatic heterocycles. The number of hydrogen-bond donors (Lipinski definition) is 0. The van der Waals surface area contributed by atoms with E-state index in [0.29, 0.717) is 0 Å². The van der Waals surface area contributed by atoms with Gasteiger partial charge in [-0.25, -0.2) is 0 Å². The zero-order valence-corrected chi connectivity index (χ0v) is 27.5. The second kappa shape index (κ2) is 15.7. The van der Waals surface area contributed by atoms with Crippen LogP contribution in [0.1, 0.15) is 0 Å². The van der Waals surface area contributed by atoms with Crippen molar-refractivity contribution in [1.29, 1.82) is 0 Å². The fraction of sp³-hybridized carbons (Fsp3) is 0.0606. The number of rotatable bonds is 2. The molecule has 3 heterocycles. The molecule has 0 spiro atoms. The largest absolute Gasteiger partial charge is 0.673 e. The van der Waals surface area contributed by atoms with Crippen molar-refractivity contribution < 1.29 is 21.7 Å². The van der Waals surface area contributed by atoms with Crippen molar-refractivity contribution in [3.8, 4) is 44.8 Å². The van der Waals surface area contributed by atoms with Crippen LogP contribution in [0.4, 0.5) is 17.3 Å². The van der Waals surface area contributed by atoms with Gasteiger partial charge >= 0.3 is 7.25 Å². The molecule has 12 heteroatoms. The van der Waals surface area contributed by atoms with E-state index in [-0.39, 0.29) is 0 Å². The topological polar surface area (TPSA) is 4.10 Å². The predicted octanol–water partition coefficient (Wildman–Crippen LogP) is 12.8. The summed E-state index contributed by atoms with van der Waals surface area (Å²) < 4.78 is 40.0. The van der Waals surface area contributed by atoms with Crippen molar-refractivity contribution in [2.45, 2.75) is 8.59 Å². The Morgan fingerprint density at radius 2 is 0.889 bits per heavy atom. The summed E-state index contributed by atoms with van der Waals surface area (Å²) in [5.74, 6) is 0. The molecule has 1 aliphatic rings. The van der Waals surface area contributed by atoms with Crippen LogP contribution in [0.5, 0.6) is 0 Å². The number of pyridine rings is 2. The average molecular weight is 732 g/mol. The molecule has 232 valence electrons. The van der Waals surface area contributed by atoms with Gasteiger partial charge in [0.15, 0.2) is 8.59 Å². The van der Waals surface area contributed by atoms with E-state index < -0.39 is 15.8 Å². The second-order valence-electron chi connectivity index (χ2n) is 9.35. The number of fused-ring (bicyclic) bond motifs is 5. The Hall–Kier alpha value is -2.71. The first-order valence-electron chi connectivity index (χ1n) is 13.2. The van der Waals surface area contributed by atoms with Crippen LogP contribution in [-0.4, -0.2) is 15.8 Å². The molecule has 0 amide bonds. The summed E-state index contributed by atoms with van der Waals surface area (Å²) in [6, 6.07) is 43.8. The molecule has 0 aliphatic carbocycles. The number of hydrogen-bond acceptors (Lipinski definition) is 0. The van der Waals surface area contributed by atoms with Gasteiger partial charge in [0.1, 0.15) is 0 Å². The van der Waals surface area contributed by atoms with Crippen LogP contribution in [0.2, 0.25) is 0 Å². The summed E-state index contributed by atoms with van der Waals surface area (Å²) in [5, 5.41) is 2.57. The summed E-state index contributed by atoms with van der Waals surface area (Å²) >= 11 is 28.8. The second-order valence-corrected chi connectivity index (χ2v) is 13.3. The van der Waals surface area contributed by atoms with Crippen molar-refractivity contribution >= 4 is 93.1 Å². The lowest BCUT2D eigenvalue weighted by Gasteiger charge is -2.12. The first kappa shape index (κ1) is 35.2. The highest BCUT2D eigenvalue weighted by atomic mass is 35.6. The minimum Gasteiger partial charge on any atom is -0.418 e. The van der Waals surface area contributed by atoms with Gasteiger partial charge in [0, 0.05) is 11.5 Å². The monoisotopic (exact) mass is 729 g/mol. The van der Waals surface area contributed by atoms with Gasteiger partial charge in [0.2, 0.25) is 16.9 Å². The minimum atomic E-state index is -6.00. The summed E-state index contributed by atoms with van der Waals surface area (Å²) in [5.41, 5.74) is 11.5. The molecule has 45 heavy (non-hydrogen) atoms. The maximum Gasteiger partial charge on any atom is 0.673 e. The standard InChI is InChI=1S/C31H20N.2CHCl3.BF4/c1-3-11-21(12-4-1)23-19-20-28-24-15-7-9-17-26(24)31-29(22-13-5-2-6-14-22)25-16-8-10-18-27(25)30(23)32(28)31;2*2-1(3)4;2-1(3,4)5/h1-20H;2*1H;/q+1;;;-1. The van der Waals surface area contributed by atoms with Crippen LogP contribution >= 0.6 is 69.6 Å². The Bertz CT molecular complexity index is 1870. The molecule has 0 N–H and O–H groups in total. The normalized spacial score (nSPS) is 11.3. The molecule has 0 saturated heterocycles. The third-order valence-electron chi connectivity index (χ3n) is 6.64. The average Bonchev–Trinajstić information content (AvgIpc) is 3.32. The minimum absolute atomic E-state index is 0.750. The molecular weight excluding hydrogens is 710 g/mol. The molecule has 0 atom stereocenters. The quantitative estimate of drug-likeness (QED) is 0.0548. The fourth-order valence-corrected chi connectivity index (χ4v) is 5.33. The smallest absolute Gasteiger partial charge is 0.418 e. The summed E-state index contributed by atoms with van der Waals surface area (Å²) in [6.45, 7) is 0. The van der Waals surface area contributed by atoms with E-state index in [9.17, 15) is 17.3 Å². The van der Waals surface area contributed by atoms with Gasteiger partial charge in [0.25, 0.3) is 0 Å². The van der Waals surface area contributed by atoms with Gasteiger partial charge in [-0.15, -0.1) is 0 Å². The maximum absolute atomic E-state index is 9.75. The molecule has 0 saturated carbocycles. The van der Waals surface area contributed by atoms with Gasteiger partial charge < -0.3 is 17.3 Å². The van der Waals surface area contributed by atoms with E-state index in [4.69, 9.17) is 69.6 Å². The summed E-state index contributed by atoms with van der Waals surface area (Å²) in [4.78, 5) is 0. The van der Waals surface area contributed by atoms with E-state index >= 15 is 0 Å². The molecule has 1 nitrogen and oxygen atoms in total. The summed E-state index contributed by atoms with van der Waals surface area (Å²) in [7, 11) is -6.00. The SMILES string of the molecule is ClC(Cl)Cl.ClC(Cl)Cl.F[B-](F)(F)F.c1ccc(-c2c3[n+]4c(ccc(-c5ccccc5)c4c4ccccc24)-c2ccccc2-3)cc1. The third kappa shape index (κ3) is 8.97. The Morgan fingerprint density at radius 3 is 1.42 bits per heavy atom. The van der Waals surface area contributed by atoms with Crippen LogP contribution in [-0.2, 0) is 0 Å². The fourth-order valence-electron chi connectivity index (χ4n) is 5.33. The zero-order chi connectivity index (χ0) is 32.7. The van der Waals surface area contributed by atoms with Crippen LogP contribution in [0.3, 0.4) is 0 Å². The first-order valence-corrected chi connectivity index (χ1v) is 15.9. The predicted molar refractivity (Wildman–Crippen MR) is 185 cm³/mol. The molecule has 7 rings (SSSR count). The Kier molecular flexibility index (Phi) is 12.3. The molecule has 0 unspecified atom stereocenters. The maximum atomic E-state index is 9.75. The lowest BCUT2D eigenvalue weighted by Crippen LogP contribution is -2.26. The molecule has 0 radical (unpaired) electrons. The number of nitrogens with zero attached hydrogens (tertiary/aromatic N) is 1.